The Balaban J connectivity index is 1.36. The van der Waals surface area contributed by atoms with Gasteiger partial charge in [-0.1, -0.05) is 19.1 Å². The maximum atomic E-state index is 14.7. The topological polar surface area (TPSA) is 93.1 Å². The summed E-state index contributed by atoms with van der Waals surface area (Å²) in [4.78, 5) is 13.5. The van der Waals surface area contributed by atoms with Crippen molar-refractivity contribution in [2.45, 2.75) is 37.1 Å². The van der Waals surface area contributed by atoms with Gasteiger partial charge < -0.3 is 14.6 Å². The third kappa shape index (κ3) is 4.59. The molecule has 1 saturated heterocycles. The number of carboxylic acid groups (broad SMARTS) is 1. The molecule has 1 unspecified atom stereocenters. The molecule has 0 bridgehead atoms. The molecule has 32 heavy (non-hydrogen) atoms. The van der Waals surface area contributed by atoms with Crippen LogP contribution in [0.4, 0.5) is 4.39 Å². The molecule has 0 aromatic heterocycles. The van der Waals surface area contributed by atoms with Gasteiger partial charge in [-0.15, -0.1) is 0 Å². The summed E-state index contributed by atoms with van der Waals surface area (Å²) < 4.78 is 49.4. The number of rotatable bonds is 7. The number of nitrogens with zero attached hydrogens (tertiary/aromatic N) is 1. The third-order valence-electron chi connectivity index (χ3n) is 6.15. The second-order valence-corrected chi connectivity index (χ2v) is 10.1. The van der Waals surface area contributed by atoms with Crippen molar-refractivity contribution in [3.05, 3.63) is 42.2 Å². The summed E-state index contributed by atoms with van der Waals surface area (Å²) in [6.07, 6.45) is 2.18. The van der Waals surface area contributed by atoms with Gasteiger partial charge in [0.1, 0.15) is 16.7 Å². The Morgan fingerprint density at radius 1 is 1.22 bits per heavy atom. The van der Waals surface area contributed by atoms with Crippen molar-refractivity contribution in [3.63, 3.8) is 0 Å². The van der Waals surface area contributed by atoms with Gasteiger partial charge in [0.05, 0.1) is 6.61 Å². The van der Waals surface area contributed by atoms with Gasteiger partial charge in [-0.3, -0.25) is 9.69 Å². The molecule has 1 atom stereocenters. The van der Waals surface area contributed by atoms with E-state index >= 15 is 0 Å². The molecule has 1 N–H and O–H groups in total. The lowest BCUT2D eigenvalue weighted by atomic mass is 9.96. The molecule has 0 radical (unpaired) electrons. The SMILES string of the molecule is CCC(C(=O)O)N1CCC(COc2ccc(-c3ccc4c(c3)OCS4(=O)=O)cc2F)CC1. The first-order chi connectivity index (χ1) is 15.3. The number of piperidine rings is 1. The monoisotopic (exact) mass is 463 g/mol. The molecular weight excluding hydrogens is 437 g/mol. The molecule has 2 aromatic carbocycles. The van der Waals surface area contributed by atoms with E-state index in [0.717, 1.165) is 12.8 Å². The van der Waals surface area contributed by atoms with Crippen LogP contribution in [0.5, 0.6) is 11.5 Å². The maximum absolute atomic E-state index is 14.7. The molecule has 0 amide bonds. The van der Waals surface area contributed by atoms with Crippen LogP contribution in [-0.2, 0) is 14.6 Å². The number of likely N-dealkylation sites (tertiary alicyclic amines) is 1. The predicted octanol–water partition coefficient (Wildman–Crippen LogP) is 3.57. The Kier molecular flexibility index (Phi) is 6.39. The lowest BCUT2D eigenvalue weighted by molar-refractivity contribution is -0.144. The van der Waals surface area contributed by atoms with Gasteiger partial charge in [0.15, 0.2) is 17.5 Å². The van der Waals surface area contributed by atoms with Crippen molar-refractivity contribution in [1.82, 2.24) is 4.90 Å². The number of carboxylic acids is 1. The smallest absolute Gasteiger partial charge is 0.320 e. The van der Waals surface area contributed by atoms with E-state index in [1.807, 2.05) is 11.8 Å². The van der Waals surface area contributed by atoms with Gasteiger partial charge in [-0.25, -0.2) is 12.8 Å². The second-order valence-electron chi connectivity index (χ2n) is 8.24. The normalized spacial score (nSPS) is 19.2. The standard InChI is InChI=1S/C23H26FNO6S/c1-2-19(23(26)27)25-9-7-15(8-10-25)13-30-20-5-3-16(11-18(20)24)17-4-6-22-21(12-17)31-14-32(22,28)29/h3-6,11-12,15,19H,2,7-10,13-14H2,1H3,(H,26,27). The van der Waals surface area contributed by atoms with E-state index in [9.17, 15) is 22.7 Å². The number of carbonyl (C=O) groups is 1. The van der Waals surface area contributed by atoms with E-state index in [0.29, 0.717) is 37.2 Å². The second kappa shape index (κ2) is 9.07. The molecule has 0 aliphatic carbocycles. The first-order valence-electron chi connectivity index (χ1n) is 10.7. The van der Waals surface area contributed by atoms with Crippen molar-refractivity contribution >= 4 is 15.8 Å². The Morgan fingerprint density at radius 3 is 2.56 bits per heavy atom. The number of aliphatic carboxylic acids is 1. The zero-order chi connectivity index (χ0) is 22.9. The number of hydrogen-bond donors (Lipinski definition) is 1. The van der Waals surface area contributed by atoms with Crippen LogP contribution >= 0.6 is 0 Å². The highest BCUT2D eigenvalue weighted by Gasteiger charge is 2.29. The van der Waals surface area contributed by atoms with Crippen LogP contribution in [0.3, 0.4) is 0 Å². The maximum Gasteiger partial charge on any atom is 0.320 e. The summed E-state index contributed by atoms with van der Waals surface area (Å²) in [6, 6.07) is 8.93. The fraction of sp³-hybridized carbons (Fsp3) is 0.435. The highest BCUT2D eigenvalue weighted by atomic mass is 32.2. The molecule has 0 spiro atoms. The van der Waals surface area contributed by atoms with Crippen molar-refractivity contribution in [3.8, 4) is 22.6 Å². The van der Waals surface area contributed by atoms with Crippen molar-refractivity contribution in [2.24, 2.45) is 5.92 Å². The minimum absolute atomic E-state index is 0.154. The van der Waals surface area contributed by atoms with Crippen LogP contribution in [0.25, 0.3) is 11.1 Å². The number of benzene rings is 2. The van der Waals surface area contributed by atoms with Crippen LogP contribution in [0.2, 0.25) is 0 Å². The minimum atomic E-state index is -3.40. The van der Waals surface area contributed by atoms with Crippen molar-refractivity contribution < 1.29 is 32.2 Å². The van der Waals surface area contributed by atoms with Crippen LogP contribution in [0, 0.1) is 11.7 Å². The van der Waals surface area contributed by atoms with Crippen LogP contribution in [-0.4, -0.2) is 56.1 Å². The van der Waals surface area contributed by atoms with Crippen molar-refractivity contribution in [2.75, 3.05) is 25.6 Å². The lowest BCUT2D eigenvalue weighted by Gasteiger charge is -2.35. The molecular formula is C23H26FNO6S. The van der Waals surface area contributed by atoms with Gasteiger partial charge in [-0.05, 0) is 73.7 Å². The lowest BCUT2D eigenvalue weighted by Crippen LogP contribution is -2.46. The molecule has 2 aromatic rings. The predicted molar refractivity (Wildman–Crippen MR) is 116 cm³/mol. The van der Waals surface area contributed by atoms with E-state index in [2.05, 4.69) is 0 Å². The van der Waals surface area contributed by atoms with E-state index in [1.54, 1.807) is 24.3 Å². The average molecular weight is 464 g/mol. The van der Waals surface area contributed by atoms with Gasteiger partial charge in [0, 0.05) is 0 Å². The number of hydrogen-bond acceptors (Lipinski definition) is 6. The van der Waals surface area contributed by atoms with Crippen LogP contribution in [0.1, 0.15) is 26.2 Å². The molecule has 2 aliphatic rings. The molecule has 2 aliphatic heterocycles. The average Bonchev–Trinajstić information content (AvgIpc) is 3.08. The fourth-order valence-corrected chi connectivity index (χ4v) is 5.40. The molecule has 172 valence electrons. The zero-order valence-electron chi connectivity index (χ0n) is 17.8. The van der Waals surface area contributed by atoms with Gasteiger partial charge in [0.2, 0.25) is 9.84 Å². The Bertz CT molecular complexity index is 1110. The summed E-state index contributed by atoms with van der Waals surface area (Å²) in [6.45, 7) is 3.63. The Hall–Kier alpha value is -2.65. The number of fused-ring (bicyclic) bond motifs is 1. The summed E-state index contributed by atoms with van der Waals surface area (Å²) in [7, 11) is -3.40. The van der Waals surface area contributed by atoms with Crippen LogP contribution < -0.4 is 9.47 Å². The largest absolute Gasteiger partial charge is 0.490 e. The zero-order valence-corrected chi connectivity index (χ0v) is 18.6. The van der Waals surface area contributed by atoms with E-state index in [4.69, 9.17) is 9.47 Å². The Morgan fingerprint density at radius 2 is 1.91 bits per heavy atom. The van der Waals surface area contributed by atoms with Gasteiger partial charge >= 0.3 is 5.97 Å². The van der Waals surface area contributed by atoms with Crippen molar-refractivity contribution in [1.29, 1.82) is 0 Å². The minimum Gasteiger partial charge on any atom is -0.490 e. The number of ether oxygens (including phenoxy) is 2. The van der Waals surface area contributed by atoms with E-state index < -0.39 is 27.7 Å². The highest BCUT2D eigenvalue weighted by Crippen LogP contribution is 2.36. The fourth-order valence-electron chi connectivity index (χ4n) is 4.29. The molecule has 7 nitrogen and oxygen atoms in total. The third-order valence-corrected chi connectivity index (χ3v) is 7.59. The summed E-state index contributed by atoms with van der Waals surface area (Å²) >= 11 is 0. The quantitative estimate of drug-likeness (QED) is 0.671. The number of sulfone groups is 1. The number of halogens is 1. The summed E-state index contributed by atoms with van der Waals surface area (Å²) in [5, 5.41) is 9.31. The molecule has 1 fully saturated rings. The summed E-state index contributed by atoms with van der Waals surface area (Å²) in [5.74, 6) is -0.975. The first-order valence-corrected chi connectivity index (χ1v) is 12.3. The molecule has 4 rings (SSSR count). The van der Waals surface area contributed by atoms with E-state index in [-0.39, 0.29) is 28.3 Å². The van der Waals surface area contributed by atoms with Gasteiger partial charge in [-0.2, -0.15) is 0 Å². The Labute approximate surface area is 186 Å². The molecule has 9 heteroatoms. The molecule has 0 saturated carbocycles. The molecule has 2 heterocycles. The van der Waals surface area contributed by atoms with E-state index in [1.165, 1.54) is 12.1 Å². The highest BCUT2D eigenvalue weighted by molar-refractivity contribution is 7.91. The first kappa shape index (κ1) is 22.5. The van der Waals surface area contributed by atoms with Gasteiger partial charge in [0.25, 0.3) is 0 Å². The van der Waals surface area contributed by atoms with Crippen LogP contribution in [0.15, 0.2) is 41.3 Å². The summed E-state index contributed by atoms with van der Waals surface area (Å²) in [5.41, 5.74) is 1.25.